The average Bonchev–Trinajstić information content (AvgIpc) is 2.65. The standard InChI is InChI=1S/C19H18FNO5/c20-15-4-2-1-3-14(15)11-21-18(22)12-26-19(23)10-13-5-6-16-17(9-13)25-8-7-24-16/h1-6,9H,7-8,10-12H2,(H,21,22). The minimum absolute atomic E-state index is 0.0111. The summed E-state index contributed by atoms with van der Waals surface area (Å²) >= 11 is 0. The Kier molecular flexibility index (Phi) is 5.68. The van der Waals surface area contributed by atoms with Crippen LogP contribution in [0.3, 0.4) is 0 Å². The van der Waals surface area contributed by atoms with Gasteiger partial charge in [-0.3, -0.25) is 9.59 Å². The predicted molar refractivity (Wildman–Crippen MR) is 90.3 cm³/mol. The summed E-state index contributed by atoms with van der Waals surface area (Å²) in [5.41, 5.74) is 1.06. The van der Waals surface area contributed by atoms with Crippen molar-refractivity contribution in [3.63, 3.8) is 0 Å². The van der Waals surface area contributed by atoms with E-state index in [1.807, 2.05) is 0 Å². The van der Waals surface area contributed by atoms with Crippen LogP contribution in [0.2, 0.25) is 0 Å². The highest BCUT2D eigenvalue weighted by atomic mass is 19.1. The van der Waals surface area contributed by atoms with Crippen LogP contribution in [-0.2, 0) is 27.3 Å². The largest absolute Gasteiger partial charge is 0.486 e. The van der Waals surface area contributed by atoms with E-state index in [4.69, 9.17) is 14.2 Å². The Morgan fingerprint density at radius 2 is 1.85 bits per heavy atom. The molecule has 2 aromatic carbocycles. The van der Waals surface area contributed by atoms with Crippen molar-refractivity contribution in [3.8, 4) is 11.5 Å². The van der Waals surface area contributed by atoms with E-state index in [0.717, 1.165) is 0 Å². The lowest BCUT2D eigenvalue weighted by Crippen LogP contribution is -2.29. The van der Waals surface area contributed by atoms with Gasteiger partial charge in [0.05, 0.1) is 6.42 Å². The molecule has 26 heavy (non-hydrogen) atoms. The number of ether oxygens (including phenoxy) is 3. The fraction of sp³-hybridized carbons (Fsp3) is 0.263. The van der Waals surface area contributed by atoms with Gasteiger partial charge >= 0.3 is 5.97 Å². The number of hydrogen-bond donors (Lipinski definition) is 1. The van der Waals surface area contributed by atoms with E-state index < -0.39 is 24.3 Å². The molecule has 7 heteroatoms. The molecule has 0 saturated heterocycles. The Balaban J connectivity index is 1.43. The zero-order valence-electron chi connectivity index (χ0n) is 14.0. The quantitative estimate of drug-likeness (QED) is 0.799. The molecule has 6 nitrogen and oxygen atoms in total. The van der Waals surface area contributed by atoms with Gasteiger partial charge in [-0.25, -0.2) is 4.39 Å². The predicted octanol–water partition coefficient (Wildman–Crippen LogP) is 2.00. The van der Waals surface area contributed by atoms with Crippen molar-refractivity contribution in [1.82, 2.24) is 5.32 Å². The van der Waals surface area contributed by atoms with Crippen molar-refractivity contribution < 1.29 is 28.2 Å². The molecular formula is C19H18FNO5. The normalized spacial score (nSPS) is 12.3. The van der Waals surface area contributed by atoms with Crippen LogP contribution in [-0.4, -0.2) is 31.7 Å². The van der Waals surface area contributed by atoms with Crippen LogP contribution in [0.5, 0.6) is 11.5 Å². The van der Waals surface area contributed by atoms with Gasteiger partial charge in [-0.15, -0.1) is 0 Å². The molecule has 0 atom stereocenters. The zero-order valence-corrected chi connectivity index (χ0v) is 14.0. The van der Waals surface area contributed by atoms with Gasteiger partial charge in [-0.1, -0.05) is 24.3 Å². The van der Waals surface area contributed by atoms with Crippen LogP contribution < -0.4 is 14.8 Å². The molecule has 136 valence electrons. The van der Waals surface area contributed by atoms with E-state index in [1.54, 1.807) is 36.4 Å². The number of carbonyl (C=O) groups excluding carboxylic acids is 2. The van der Waals surface area contributed by atoms with Crippen molar-refractivity contribution in [2.45, 2.75) is 13.0 Å². The molecule has 1 heterocycles. The lowest BCUT2D eigenvalue weighted by atomic mass is 10.1. The van der Waals surface area contributed by atoms with E-state index in [2.05, 4.69) is 5.32 Å². The molecule has 0 aromatic heterocycles. The molecule has 3 rings (SSSR count). The first kappa shape index (κ1) is 17.7. The van der Waals surface area contributed by atoms with Gasteiger partial charge < -0.3 is 19.5 Å². The van der Waals surface area contributed by atoms with Crippen LogP contribution >= 0.6 is 0 Å². The van der Waals surface area contributed by atoms with Gasteiger partial charge in [0.1, 0.15) is 19.0 Å². The van der Waals surface area contributed by atoms with Crippen LogP contribution in [0, 0.1) is 5.82 Å². The highest BCUT2D eigenvalue weighted by Crippen LogP contribution is 2.30. The third-order valence-electron chi connectivity index (χ3n) is 3.75. The van der Waals surface area contributed by atoms with Crippen LogP contribution in [0.25, 0.3) is 0 Å². The first-order valence-corrected chi connectivity index (χ1v) is 8.16. The van der Waals surface area contributed by atoms with Gasteiger partial charge in [0.15, 0.2) is 18.1 Å². The number of fused-ring (bicyclic) bond motifs is 1. The molecule has 0 aliphatic carbocycles. The lowest BCUT2D eigenvalue weighted by molar-refractivity contribution is -0.147. The number of nitrogens with one attached hydrogen (secondary N) is 1. The third-order valence-corrected chi connectivity index (χ3v) is 3.75. The van der Waals surface area contributed by atoms with Crippen LogP contribution in [0.15, 0.2) is 42.5 Å². The number of halogens is 1. The third kappa shape index (κ3) is 4.72. The minimum Gasteiger partial charge on any atom is -0.486 e. The summed E-state index contributed by atoms with van der Waals surface area (Å²) in [4.78, 5) is 23.6. The molecule has 0 radical (unpaired) electrons. The number of esters is 1. The molecule has 0 fully saturated rings. The first-order valence-electron chi connectivity index (χ1n) is 8.16. The van der Waals surface area contributed by atoms with Crippen molar-refractivity contribution in [3.05, 3.63) is 59.4 Å². The average molecular weight is 359 g/mol. The number of carbonyl (C=O) groups is 2. The van der Waals surface area contributed by atoms with E-state index in [9.17, 15) is 14.0 Å². The molecule has 0 unspecified atom stereocenters. The van der Waals surface area contributed by atoms with E-state index in [1.165, 1.54) is 6.07 Å². The maximum atomic E-state index is 13.5. The second-order valence-corrected chi connectivity index (χ2v) is 5.68. The second kappa shape index (κ2) is 8.33. The summed E-state index contributed by atoms with van der Waals surface area (Å²) < 4.78 is 29.3. The van der Waals surface area contributed by atoms with Crippen LogP contribution in [0.4, 0.5) is 4.39 Å². The summed E-state index contributed by atoms with van der Waals surface area (Å²) in [6.07, 6.45) is 0.0111. The van der Waals surface area contributed by atoms with Gasteiger partial charge in [0, 0.05) is 12.1 Å². The van der Waals surface area contributed by atoms with E-state index in [0.29, 0.717) is 35.8 Å². The molecule has 0 spiro atoms. The SMILES string of the molecule is O=C(COC(=O)Cc1ccc2c(c1)OCCO2)NCc1ccccc1F. The Morgan fingerprint density at radius 3 is 2.65 bits per heavy atom. The smallest absolute Gasteiger partial charge is 0.310 e. The summed E-state index contributed by atoms with van der Waals surface area (Å²) in [6.45, 7) is 0.572. The summed E-state index contributed by atoms with van der Waals surface area (Å²) in [7, 11) is 0. The van der Waals surface area contributed by atoms with Crippen molar-refractivity contribution in [2.24, 2.45) is 0 Å². The number of rotatable bonds is 6. The van der Waals surface area contributed by atoms with E-state index in [-0.39, 0.29) is 13.0 Å². The number of hydrogen-bond acceptors (Lipinski definition) is 5. The second-order valence-electron chi connectivity index (χ2n) is 5.68. The molecule has 1 aliphatic rings. The Morgan fingerprint density at radius 1 is 1.08 bits per heavy atom. The molecule has 1 aliphatic heterocycles. The van der Waals surface area contributed by atoms with Gasteiger partial charge in [0.2, 0.25) is 0 Å². The summed E-state index contributed by atoms with van der Waals surface area (Å²) in [5, 5.41) is 2.51. The molecule has 2 aromatic rings. The van der Waals surface area contributed by atoms with Gasteiger partial charge in [-0.05, 0) is 23.8 Å². The van der Waals surface area contributed by atoms with Gasteiger partial charge in [-0.2, -0.15) is 0 Å². The Bertz CT molecular complexity index is 808. The van der Waals surface area contributed by atoms with Gasteiger partial charge in [0.25, 0.3) is 5.91 Å². The first-order chi connectivity index (χ1) is 12.6. The lowest BCUT2D eigenvalue weighted by Gasteiger charge is -2.18. The topological polar surface area (TPSA) is 73.9 Å². The fourth-order valence-corrected chi connectivity index (χ4v) is 2.45. The molecular weight excluding hydrogens is 341 g/mol. The van der Waals surface area contributed by atoms with Crippen molar-refractivity contribution in [2.75, 3.05) is 19.8 Å². The highest BCUT2D eigenvalue weighted by Gasteiger charge is 2.14. The van der Waals surface area contributed by atoms with E-state index >= 15 is 0 Å². The number of amides is 1. The molecule has 1 N–H and O–H groups in total. The highest BCUT2D eigenvalue weighted by molar-refractivity contribution is 5.81. The molecule has 1 amide bonds. The Hall–Kier alpha value is -3.09. The maximum Gasteiger partial charge on any atom is 0.310 e. The maximum absolute atomic E-state index is 13.5. The number of benzene rings is 2. The summed E-state index contributed by atoms with van der Waals surface area (Å²) in [6, 6.07) is 11.3. The monoisotopic (exact) mass is 359 g/mol. The fourth-order valence-electron chi connectivity index (χ4n) is 2.45. The van der Waals surface area contributed by atoms with Crippen molar-refractivity contribution in [1.29, 1.82) is 0 Å². The Labute approximate surface area is 149 Å². The van der Waals surface area contributed by atoms with Crippen LogP contribution in [0.1, 0.15) is 11.1 Å². The molecule has 0 bridgehead atoms. The summed E-state index contributed by atoms with van der Waals surface area (Å²) in [5.74, 6) is -0.208. The zero-order chi connectivity index (χ0) is 18.4. The minimum atomic E-state index is -0.539. The molecule has 0 saturated carbocycles. The van der Waals surface area contributed by atoms with Crippen molar-refractivity contribution >= 4 is 11.9 Å².